The zero-order valence-electron chi connectivity index (χ0n) is 19.0. The maximum atomic E-state index is 12.5. The molecule has 0 aliphatic carbocycles. The summed E-state index contributed by atoms with van der Waals surface area (Å²) in [5.74, 6) is -4.45. The molecule has 2 aromatic rings. The van der Waals surface area contributed by atoms with Crippen LogP contribution in [0.1, 0.15) is 22.0 Å². The molecular formula is C20H23F6N5O5. The number of alkyl halides is 6. The summed E-state index contributed by atoms with van der Waals surface area (Å²) in [6, 6.07) is 5.43. The SMILES string of the molecule is CN(C)Cc1cnc2n1CCN(C(=O)c1ccccn1)CC2.O=C(O)C(F)(F)F.O=C(O)C(F)(F)F. The van der Waals surface area contributed by atoms with Crippen molar-refractivity contribution in [3.63, 3.8) is 0 Å². The molecule has 1 aliphatic heterocycles. The standard InChI is InChI=1S/C16H21N5O.2C2HF3O2/c1-19(2)12-13-11-18-15-6-8-20(9-10-21(13)15)16(22)14-5-3-4-7-17-14;2*3-2(4,5)1(6)7/h3-5,7,11H,6,8-10,12H2,1-2H3;2*(H,6,7). The second-order valence-corrected chi connectivity index (χ2v) is 7.42. The Bertz CT molecular complexity index is 1000. The lowest BCUT2D eigenvalue weighted by molar-refractivity contribution is -0.193. The summed E-state index contributed by atoms with van der Waals surface area (Å²) in [5, 5.41) is 14.2. The van der Waals surface area contributed by atoms with Crippen molar-refractivity contribution >= 4 is 17.8 Å². The van der Waals surface area contributed by atoms with Crippen molar-refractivity contribution in [1.29, 1.82) is 0 Å². The lowest BCUT2D eigenvalue weighted by Crippen LogP contribution is -2.34. The van der Waals surface area contributed by atoms with Crippen LogP contribution in [0.25, 0.3) is 0 Å². The first kappa shape index (κ1) is 30.3. The molecule has 2 aromatic heterocycles. The Labute approximate surface area is 200 Å². The molecule has 0 aromatic carbocycles. The van der Waals surface area contributed by atoms with Crippen LogP contribution in [-0.2, 0) is 29.1 Å². The summed E-state index contributed by atoms with van der Waals surface area (Å²) in [7, 11) is 4.10. The van der Waals surface area contributed by atoms with Gasteiger partial charge in [-0.05, 0) is 26.2 Å². The van der Waals surface area contributed by atoms with Gasteiger partial charge in [-0.2, -0.15) is 26.3 Å². The molecule has 0 spiro atoms. The number of carboxylic acid groups (broad SMARTS) is 2. The average Bonchev–Trinajstić information content (AvgIpc) is 3.01. The quantitative estimate of drug-likeness (QED) is 0.582. The zero-order chi connectivity index (χ0) is 27.7. The summed E-state index contributed by atoms with van der Waals surface area (Å²) in [4.78, 5) is 43.0. The molecule has 200 valence electrons. The van der Waals surface area contributed by atoms with E-state index >= 15 is 0 Å². The van der Waals surface area contributed by atoms with E-state index in [0.29, 0.717) is 18.8 Å². The number of carbonyl (C=O) groups excluding carboxylic acids is 1. The van der Waals surface area contributed by atoms with Gasteiger partial charge in [0.05, 0.1) is 5.69 Å². The normalized spacial score (nSPS) is 13.4. The summed E-state index contributed by atoms with van der Waals surface area (Å²) in [6.45, 7) is 3.03. The molecule has 3 rings (SSSR count). The maximum Gasteiger partial charge on any atom is 0.490 e. The molecule has 0 fully saturated rings. The number of hydrogen-bond donors (Lipinski definition) is 2. The van der Waals surface area contributed by atoms with Crippen molar-refractivity contribution in [1.82, 2.24) is 24.3 Å². The maximum absolute atomic E-state index is 12.5. The number of imidazole rings is 1. The van der Waals surface area contributed by atoms with Gasteiger partial charge in [0.15, 0.2) is 0 Å². The number of rotatable bonds is 3. The van der Waals surface area contributed by atoms with E-state index in [0.717, 1.165) is 25.3 Å². The Morgan fingerprint density at radius 3 is 1.94 bits per heavy atom. The third-order valence-corrected chi connectivity index (χ3v) is 4.35. The van der Waals surface area contributed by atoms with Crippen LogP contribution in [0.4, 0.5) is 26.3 Å². The highest BCUT2D eigenvalue weighted by Crippen LogP contribution is 2.15. The second kappa shape index (κ2) is 12.9. The van der Waals surface area contributed by atoms with Gasteiger partial charge >= 0.3 is 24.3 Å². The monoisotopic (exact) mass is 527 g/mol. The number of fused-ring (bicyclic) bond motifs is 1. The molecule has 0 atom stereocenters. The first-order chi connectivity index (χ1) is 16.5. The average molecular weight is 527 g/mol. The van der Waals surface area contributed by atoms with E-state index in [1.807, 2.05) is 37.3 Å². The number of pyridine rings is 1. The number of carboxylic acids is 2. The van der Waals surface area contributed by atoms with Gasteiger partial charge in [-0.15, -0.1) is 0 Å². The molecule has 0 saturated heterocycles. The van der Waals surface area contributed by atoms with Crippen molar-refractivity contribution in [2.24, 2.45) is 0 Å². The molecule has 2 N–H and O–H groups in total. The summed E-state index contributed by atoms with van der Waals surface area (Å²) in [5.41, 5.74) is 1.71. The van der Waals surface area contributed by atoms with E-state index < -0.39 is 24.3 Å². The molecular weight excluding hydrogens is 504 g/mol. The van der Waals surface area contributed by atoms with Crippen molar-refractivity contribution in [3.8, 4) is 0 Å². The van der Waals surface area contributed by atoms with Crippen LogP contribution in [0.2, 0.25) is 0 Å². The molecule has 1 aliphatic rings. The minimum absolute atomic E-state index is 0.000475. The highest BCUT2D eigenvalue weighted by molar-refractivity contribution is 5.92. The van der Waals surface area contributed by atoms with Gasteiger partial charge in [0.2, 0.25) is 0 Å². The Balaban J connectivity index is 0.000000383. The fraction of sp³-hybridized carbons (Fsp3) is 0.450. The summed E-state index contributed by atoms with van der Waals surface area (Å²) >= 11 is 0. The minimum atomic E-state index is -5.08. The number of carbonyl (C=O) groups is 3. The number of hydrogen-bond acceptors (Lipinski definition) is 6. The molecule has 0 bridgehead atoms. The van der Waals surface area contributed by atoms with Gasteiger partial charge < -0.3 is 24.6 Å². The molecule has 10 nitrogen and oxygen atoms in total. The number of aliphatic carboxylic acids is 2. The van der Waals surface area contributed by atoms with E-state index in [1.165, 1.54) is 5.69 Å². The van der Waals surface area contributed by atoms with Gasteiger partial charge in [0.1, 0.15) is 11.5 Å². The van der Waals surface area contributed by atoms with Crippen molar-refractivity contribution < 1.29 is 50.9 Å². The van der Waals surface area contributed by atoms with Crippen molar-refractivity contribution in [2.45, 2.75) is 31.9 Å². The van der Waals surface area contributed by atoms with Crippen LogP contribution in [0.5, 0.6) is 0 Å². The van der Waals surface area contributed by atoms with Crippen LogP contribution in [0.3, 0.4) is 0 Å². The third-order valence-electron chi connectivity index (χ3n) is 4.35. The Kier molecular flexibility index (Phi) is 10.8. The molecule has 3 heterocycles. The zero-order valence-corrected chi connectivity index (χ0v) is 19.0. The molecule has 0 unspecified atom stereocenters. The third kappa shape index (κ3) is 9.89. The van der Waals surface area contributed by atoms with Crippen LogP contribution < -0.4 is 0 Å². The van der Waals surface area contributed by atoms with Crippen molar-refractivity contribution in [2.75, 3.05) is 27.2 Å². The smallest absolute Gasteiger partial charge is 0.475 e. The molecule has 1 amide bonds. The van der Waals surface area contributed by atoms with E-state index in [4.69, 9.17) is 19.8 Å². The fourth-order valence-corrected chi connectivity index (χ4v) is 2.80. The molecule has 0 radical (unpaired) electrons. The summed E-state index contributed by atoms with van der Waals surface area (Å²) in [6.07, 6.45) is -5.77. The van der Waals surface area contributed by atoms with E-state index in [2.05, 4.69) is 19.4 Å². The predicted molar refractivity (Wildman–Crippen MR) is 111 cm³/mol. The lowest BCUT2D eigenvalue weighted by Gasteiger charge is -2.20. The van der Waals surface area contributed by atoms with Crippen LogP contribution in [0.15, 0.2) is 30.6 Å². The van der Waals surface area contributed by atoms with Gasteiger partial charge in [0, 0.05) is 45.0 Å². The lowest BCUT2D eigenvalue weighted by atomic mass is 10.3. The number of aromatic nitrogens is 3. The van der Waals surface area contributed by atoms with E-state index in [-0.39, 0.29) is 5.91 Å². The highest BCUT2D eigenvalue weighted by atomic mass is 19.4. The summed E-state index contributed by atoms with van der Waals surface area (Å²) < 4.78 is 65.7. The Morgan fingerprint density at radius 1 is 0.944 bits per heavy atom. The van der Waals surface area contributed by atoms with Crippen LogP contribution >= 0.6 is 0 Å². The molecule has 0 saturated carbocycles. The molecule has 16 heteroatoms. The Morgan fingerprint density at radius 2 is 1.50 bits per heavy atom. The van der Waals surface area contributed by atoms with Crippen LogP contribution in [-0.4, -0.2) is 91.9 Å². The largest absolute Gasteiger partial charge is 0.490 e. The predicted octanol–water partition coefficient (Wildman–Crippen LogP) is 2.30. The van der Waals surface area contributed by atoms with Gasteiger partial charge in [0.25, 0.3) is 5.91 Å². The van der Waals surface area contributed by atoms with Gasteiger partial charge in [-0.25, -0.2) is 14.6 Å². The minimum Gasteiger partial charge on any atom is -0.475 e. The number of halogens is 6. The van der Waals surface area contributed by atoms with E-state index in [1.54, 1.807) is 12.3 Å². The van der Waals surface area contributed by atoms with Crippen molar-refractivity contribution in [3.05, 3.63) is 47.8 Å². The Hall–Kier alpha value is -3.69. The number of amides is 1. The fourth-order valence-electron chi connectivity index (χ4n) is 2.80. The van der Waals surface area contributed by atoms with Gasteiger partial charge in [-0.3, -0.25) is 9.78 Å². The molecule has 36 heavy (non-hydrogen) atoms. The van der Waals surface area contributed by atoms with E-state index in [9.17, 15) is 31.1 Å². The topological polar surface area (TPSA) is 129 Å². The highest BCUT2D eigenvalue weighted by Gasteiger charge is 2.38. The number of nitrogens with zero attached hydrogens (tertiary/aromatic N) is 5. The second-order valence-electron chi connectivity index (χ2n) is 7.42. The first-order valence-corrected chi connectivity index (χ1v) is 10.0. The first-order valence-electron chi connectivity index (χ1n) is 10.0. The van der Waals surface area contributed by atoms with Gasteiger partial charge in [-0.1, -0.05) is 6.07 Å². The van der Waals surface area contributed by atoms with Crippen LogP contribution in [0, 0.1) is 0 Å².